The molecule has 2 aromatic carbocycles. The summed E-state index contributed by atoms with van der Waals surface area (Å²) >= 11 is -0.330. The average Bonchev–Trinajstić information content (AvgIpc) is 2.54. The van der Waals surface area contributed by atoms with Crippen molar-refractivity contribution in [2.45, 2.75) is 10.4 Å². The van der Waals surface area contributed by atoms with E-state index < -0.39 is 11.4 Å². The number of amides is 1. The molecule has 128 valence electrons. The number of ether oxygens (including phenoxy) is 2. The standard InChI is InChI=1S/C16H14F3NO3S/c1-22-10-7-8-12(13(9-10)23-2)20-15(21)11-5-3-4-6-14(11)24-16(17,18)19/h3-9H,1-2H3,(H,20,21). The van der Waals surface area contributed by atoms with E-state index in [0.717, 1.165) is 0 Å². The van der Waals surface area contributed by atoms with E-state index >= 15 is 0 Å². The molecule has 0 aliphatic heterocycles. The number of anilines is 1. The van der Waals surface area contributed by atoms with Crippen molar-refractivity contribution in [2.75, 3.05) is 19.5 Å². The average molecular weight is 357 g/mol. The van der Waals surface area contributed by atoms with Gasteiger partial charge in [0.2, 0.25) is 0 Å². The Kier molecular flexibility index (Phi) is 5.61. The zero-order valence-electron chi connectivity index (χ0n) is 12.8. The van der Waals surface area contributed by atoms with Crippen LogP contribution in [0.3, 0.4) is 0 Å². The second kappa shape index (κ2) is 7.48. The second-order valence-electron chi connectivity index (χ2n) is 4.56. The van der Waals surface area contributed by atoms with Gasteiger partial charge in [-0.1, -0.05) is 12.1 Å². The summed E-state index contributed by atoms with van der Waals surface area (Å²) in [6, 6.07) is 10.2. The van der Waals surface area contributed by atoms with Gasteiger partial charge in [-0.25, -0.2) is 0 Å². The fraction of sp³-hybridized carbons (Fsp3) is 0.188. The van der Waals surface area contributed by atoms with E-state index in [9.17, 15) is 18.0 Å². The van der Waals surface area contributed by atoms with Crippen molar-refractivity contribution < 1.29 is 27.4 Å². The maximum absolute atomic E-state index is 12.6. The first kappa shape index (κ1) is 18.0. The third kappa shape index (κ3) is 4.58. The maximum Gasteiger partial charge on any atom is 0.446 e. The summed E-state index contributed by atoms with van der Waals surface area (Å²) in [5, 5.41) is 2.56. The molecule has 0 atom stereocenters. The SMILES string of the molecule is COc1ccc(NC(=O)c2ccccc2SC(F)(F)F)c(OC)c1. The third-order valence-electron chi connectivity index (χ3n) is 3.01. The van der Waals surface area contributed by atoms with E-state index in [1.54, 1.807) is 18.2 Å². The highest BCUT2D eigenvalue weighted by atomic mass is 32.2. The molecule has 0 aromatic heterocycles. The van der Waals surface area contributed by atoms with Gasteiger partial charge >= 0.3 is 5.51 Å². The molecule has 0 heterocycles. The summed E-state index contributed by atoms with van der Waals surface area (Å²) in [7, 11) is 2.90. The number of hydrogen-bond acceptors (Lipinski definition) is 4. The Hall–Kier alpha value is -2.35. The minimum atomic E-state index is -4.48. The molecule has 24 heavy (non-hydrogen) atoms. The van der Waals surface area contributed by atoms with Gasteiger partial charge in [0.15, 0.2) is 0 Å². The fourth-order valence-electron chi connectivity index (χ4n) is 1.96. The molecule has 0 spiro atoms. The lowest BCUT2D eigenvalue weighted by atomic mass is 10.2. The Morgan fingerprint density at radius 2 is 1.79 bits per heavy atom. The summed E-state index contributed by atoms with van der Waals surface area (Å²) in [6.07, 6.45) is 0. The van der Waals surface area contributed by atoms with E-state index in [-0.39, 0.29) is 22.2 Å². The van der Waals surface area contributed by atoms with Crippen LogP contribution < -0.4 is 14.8 Å². The van der Waals surface area contributed by atoms with Gasteiger partial charge in [0.25, 0.3) is 5.91 Å². The number of nitrogens with one attached hydrogen (secondary N) is 1. The summed E-state index contributed by atoms with van der Waals surface area (Å²) in [6.45, 7) is 0. The molecule has 2 aromatic rings. The Morgan fingerprint density at radius 1 is 1.08 bits per heavy atom. The molecule has 0 fully saturated rings. The lowest BCUT2D eigenvalue weighted by Gasteiger charge is -2.14. The molecular formula is C16H14F3NO3S. The van der Waals surface area contributed by atoms with Crippen LogP contribution in [0.2, 0.25) is 0 Å². The molecule has 8 heteroatoms. The number of benzene rings is 2. The van der Waals surface area contributed by atoms with Crippen LogP contribution in [0.25, 0.3) is 0 Å². The zero-order chi connectivity index (χ0) is 17.7. The fourth-order valence-corrected chi connectivity index (χ4v) is 2.63. The van der Waals surface area contributed by atoms with Gasteiger partial charge in [0, 0.05) is 11.0 Å². The van der Waals surface area contributed by atoms with Crippen LogP contribution in [0.1, 0.15) is 10.4 Å². The normalized spacial score (nSPS) is 11.0. The van der Waals surface area contributed by atoms with Crippen LogP contribution >= 0.6 is 11.8 Å². The molecule has 0 bridgehead atoms. The molecule has 1 N–H and O–H groups in total. The lowest BCUT2D eigenvalue weighted by Crippen LogP contribution is -2.14. The molecule has 0 unspecified atom stereocenters. The summed E-state index contributed by atoms with van der Waals surface area (Å²) < 4.78 is 48.0. The third-order valence-corrected chi connectivity index (χ3v) is 3.82. The highest BCUT2D eigenvalue weighted by molar-refractivity contribution is 8.00. The predicted molar refractivity (Wildman–Crippen MR) is 85.9 cm³/mol. The summed E-state index contributed by atoms with van der Waals surface area (Å²) in [5.41, 5.74) is -4.22. The number of thioether (sulfide) groups is 1. The molecular weight excluding hydrogens is 343 g/mol. The van der Waals surface area contributed by atoms with Gasteiger partial charge in [0.1, 0.15) is 11.5 Å². The van der Waals surface area contributed by atoms with E-state index in [2.05, 4.69) is 5.32 Å². The van der Waals surface area contributed by atoms with Gasteiger partial charge in [-0.2, -0.15) is 13.2 Å². The summed E-state index contributed by atoms with van der Waals surface area (Å²) in [5.74, 6) is 0.201. The molecule has 0 radical (unpaired) electrons. The highest BCUT2D eigenvalue weighted by Crippen LogP contribution is 2.39. The van der Waals surface area contributed by atoms with Crippen molar-refractivity contribution >= 4 is 23.4 Å². The Labute approximate surface area is 141 Å². The number of rotatable bonds is 5. The molecule has 0 aliphatic rings. The van der Waals surface area contributed by atoms with Crippen LogP contribution in [0.15, 0.2) is 47.4 Å². The summed E-state index contributed by atoms with van der Waals surface area (Å²) in [4.78, 5) is 12.2. The Balaban J connectivity index is 2.28. The minimum absolute atomic E-state index is 0.0716. The van der Waals surface area contributed by atoms with E-state index in [4.69, 9.17) is 9.47 Å². The van der Waals surface area contributed by atoms with Crippen LogP contribution in [0.4, 0.5) is 18.9 Å². The van der Waals surface area contributed by atoms with Gasteiger partial charge in [-0.05, 0) is 36.0 Å². The zero-order valence-corrected chi connectivity index (χ0v) is 13.6. The van der Waals surface area contributed by atoms with Crippen LogP contribution in [-0.4, -0.2) is 25.6 Å². The first-order chi connectivity index (χ1) is 11.3. The number of halogens is 3. The van der Waals surface area contributed by atoms with Crippen LogP contribution in [0, 0.1) is 0 Å². The van der Waals surface area contributed by atoms with Gasteiger partial charge in [-0.15, -0.1) is 0 Å². The molecule has 0 saturated carbocycles. The van der Waals surface area contributed by atoms with Crippen molar-refractivity contribution in [1.29, 1.82) is 0 Å². The van der Waals surface area contributed by atoms with Crippen LogP contribution in [0.5, 0.6) is 11.5 Å². The quantitative estimate of drug-likeness (QED) is 0.797. The van der Waals surface area contributed by atoms with Crippen molar-refractivity contribution in [3.8, 4) is 11.5 Å². The van der Waals surface area contributed by atoms with Crippen molar-refractivity contribution in [3.63, 3.8) is 0 Å². The van der Waals surface area contributed by atoms with Crippen molar-refractivity contribution in [3.05, 3.63) is 48.0 Å². The Bertz CT molecular complexity index is 735. The Morgan fingerprint density at radius 3 is 2.42 bits per heavy atom. The first-order valence-corrected chi connectivity index (χ1v) is 7.54. The lowest BCUT2D eigenvalue weighted by molar-refractivity contribution is -0.0328. The molecule has 4 nitrogen and oxygen atoms in total. The van der Waals surface area contributed by atoms with E-state index in [1.807, 2.05) is 0 Å². The second-order valence-corrected chi connectivity index (χ2v) is 5.67. The van der Waals surface area contributed by atoms with Gasteiger partial charge < -0.3 is 14.8 Å². The molecule has 0 saturated heterocycles. The predicted octanol–water partition coefficient (Wildman–Crippen LogP) is 4.57. The van der Waals surface area contributed by atoms with Gasteiger partial charge in [0.05, 0.1) is 25.5 Å². The largest absolute Gasteiger partial charge is 0.497 e. The number of hydrogen-bond donors (Lipinski definition) is 1. The van der Waals surface area contributed by atoms with Gasteiger partial charge in [-0.3, -0.25) is 4.79 Å². The molecule has 2 rings (SSSR count). The van der Waals surface area contributed by atoms with Crippen molar-refractivity contribution in [2.24, 2.45) is 0 Å². The molecule has 0 aliphatic carbocycles. The monoisotopic (exact) mass is 357 g/mol. The van der Waals surface area contributed by atoms with Crippen LogP contribution in [-0.2, 0) is 0 Å². The number of carbonyl (C=O) groups excluding carboxylic acids is 1. The van der Waals surface area contributed by atoms with E-state index in [0.29, 0.717) is 17.2 Å². The number of carbonyl (C=O) groups is 1. The topological polar surface area (TPSA) is 47.6 Å². The minimum Gasteiger partial charge on any atom is -0.497 e. The highest BCUT2D eigenvalue weighted by Gasteiger charge is 2.31. The maximum atomic E-state index is 12.6. The van der Waals surface area contributed by atoms with E-state index in [1.165, 1.54) is 38.5 Å². The number of methoxy groups -OCH3 is 2. The smallest absolute Gasteiger partial charge is 0.446 e. The molecule has 1 amide bonds. The number of alkyl halides is 3. The van der Waals surface area contributed by atoms with Crippen molar-refractivity contribution in [1.82, 2.24) is 0 Å². The first-order valence-electron chi connectivity index (χ1n) is 6.72.